The van der Waals surface area contributed by atoms with E-state index in [9.17, 15) is 4.79 Å². The van der Waals surface area contributed by atoms with Gasteiger partial charge in [-0.3, -0.25) is 9.69 Å². The fourth-order valence-corrected chi connectivity index (χ4v) is 2.61. The van der Waals surface area contributed by atoms with Gasteiger partial charge < -0.3 is 4.42 Å². The maximum Gasteiger partial charge on any atom is 0.295 e. The average molecular weight is 380 g/mol. The number of aromatic nitrogens is 1. The molecule has 1 aromatic carbocycles. The van der Waals surface area contributed by atoms with E-state index in [1.807, 2.05) is 13.0 Å². The highest BCUT2D eigenvalue weighted by Crippen LogP contribution is 2.25. The van der Waals surface area contributed by atoms with Crippen molar-refractivity contribution in [2.24, 2.45) is 0 Å². The zero-order valence-electron chi connectivity index (χ0n) is 11.7. The molecule has 0 radical (unpaired) electrons. The summed E-state index contributed by atoms with van der Waals surface area (Å²) in [5.41, 5.74) is 0.632. The molecule has 3 rings (SSSR count). The van der Waals surface area contributed by atoms with Gasteiger partial charge in [-0.2, -0.15) is 0 Å². The first-order valence-corrected chi connectivity index (χ1v) is 7.88. The quantitative estimate of drug-likeness (QED) is 0.649. The normalized spacial score (nSPS) is 10.9. The SMILES string of the molecule is CCN(C(=O)c1cc2cc(Cl)ccc2o1)c1ccc(Br)cn1. The van der Waals surface area contributed by atoms with Crippen LogP contribution in [0.4, 0.5) is 5.82 Å². The zero-order chi connectivity index (χ0) is 15.7. The molecule has 6 heteroatoms. The number of rotatable bonds is 3. The Balaban J connectivity index is 1.97. The van der Waals surface area contributed by atoms with Crippen LogP contribution in [0.5, 0.6) is 0 Å². The number of hydrogen-bond donors (Lipinski definition) is 0. The van der Waals surface area contributed by atoms with Crippen LogP contribution < -0.4 is 4.90 Å². The van der Waals surface area contributed by atoms with Crippen LogP contribution in [0, 0.1) is 0 Å². The lowest BCUT2D eigenvalue weighted by Crippen LogP contribution is -2.31. The predicted molar refractivity (Wildman–Crippen MR) is 90.5 cm³/mol. The van der Waals surface area contributed by atoms with Crippen molar-refractivity contribution < 1.29 is 9.21 Å². The summed E-state index contributed by atoms with van der Waals surface area (Å²) in [6, 6.07) is 10.6. The van der Waals surface area contributed by atoms with Gasteiger partial charge in [-0.25, -0.2) is 4.98 Å². The third kappa shape index (κ3) is 2.87. The second-order valence-electron chi connectivity index (χ2n) is 4.68. The minimum atomic E-state index is -0.232. The van der Waals surface area contributed by atoms with Crippen LogP contribution in [-0.4, -0.2) is 17.4 Å². The van der Waals surface area contributed by atoms with Gasteiger partial charge in [0.05, 0.1) is 0 Å². The summed E-state index contributed by atoms with van der Waals surface area (Å²) in [4.78, 5) is 18.5. The summed E-state index contributed by atoms with van der Waals surface area (Å²) in [6.07, 6.45) is 1.66. The van der Waals surface area contributed by atoms with Crippen LogP contribution >= 0.6 is 27.5 Å². The van der Waals surface area contributed by atoms with Gasteiger partial charge in [0.15, 0.2) is 5.76 Å². The smallest absolute Gasteiger partial charge is 0.295 e. The van der Waals surface area contributed by atoms with Crippen molar-refractivity contribution >= 4 is 50.2 Å². The van der Waals surface area contributed by atoms with E-state index in [2.05, 4.69) is 20.9 Å². The van der Waals surface area contributed by atoms with E-state index in [0.717, 1.165) is 9.86 Å². The fourth-order valence-electron chi connectivity index (χ4n) is 2.19. The van der Waals surface area contributed by atoms with E-state index in [-0.39, 0.29) is 11.7 Å². The Morgan fingerprint density at radius 1 is 1.32 bits per heavy atom. The number of pyridine rings is 1. The fraction of sp³-hybridized carbons (Fsp3) is 0.125. The first kappa shape index (κ1) is 15.1. The van der Waals surface area contributed by atoms with Crippen molar-refractivity contribution in [1.29, 1.82) is 0 Å². The molecule has 2 aromatic heterocycles. The summed E-state index contributed by atoms with van der Waals surface area (Å²) >= 11 is 9.29. The van der Waals surface area contributed by atoms with Crippen molar-refractivity contribution in [3.63, 3.8) is 0 Å². The highest BCUT2D eigenvalue weighted by atomic mass is 79.9. The molecule has 0 spiro atoms. The first-order valence-electron chi connectivity index (χ1n) is 6.71. The van der Waals surface area contributed by atoms with Crippen molar-refractivity contribution in [1.82, 2.24) is 4.98 Å². The van der Waals surface area contributed by atoms with E-state index in [0.29, 0.717) is 23.0 Å². The molecule has 112 valence electrons. The van der Waals surface area contributed by atoms with Crippen LogP contribution in [0.3, 0.4) is 0 Å². The number of carbonyl (C=O) groups is 1. The van der Waals surface area contributed by atoms with Gasteiger partial charge in [0.25, 0.3) is 5.91 Å². The molecule has 4 nitrogen and oxygen atoms in total. The lowest BCUT2D eigenvalue weighted by molar-refractivity contribution is 0.0963. The zero-order valence-corrected chi connectivity index (χ0v) is 14.1. The molecule has 0 saturated heterocycles. The Labute approximate surface area is 140 Å². The van der Waals surface area contributed by atoms with Gasteiger partial charge in [-0.1, -0.05) is 11.6 Å². The molecule has 22 heavy (non-hydrogen) atoms. The Hall–Kier alpha value is -1.85. The summed E-state index contributed by atoms with van der Waals surface area (Å²) in [6.45, 7) is 2.38. The van der Waals surface area contributed by atoms with E-state index in [1.165, 1.54) is 0 Å². The van der Waals surface area contributed by atoms with E-state index in [1.54, 1.807) is 41.4 Å². The second-order valence-corrected chi connectivity index (χ2v) is 6.03. The molecule has 0 aliphatic rings. The van der Waals surface area contributed by atoms with Crippen molar-refractivity contribution in [2.75, 3.05) is 11.4 Å². The minimum absolute atomic E-state index is 0.232. The molecule has 0 N–H and O–H groups in total. The Morgan fingerprint density at radius 2 is 2.14 bits per heavy atom. The molecule has 0 saturated carbocycles. The molecule has 3 aromatic rings. The molecular weight excluding hydrogens is 368 g/mol. The Morgan fingerprint density at radius 3 is 2.82 bits per heavy atom. The van der Waals surface area contributed by atoms with E-state index in [4.69, 9.17) is 16.0 Å². The van der Waals surface area contributed by atoms with Gasteiger partial charge in [0, 0.05) is 27.6 Å². The van der Waals surface area contributed by atoms with Crippen molar-refractivity contribution in [3.8, 4) is 0 Å². The minimum Gasteiger partial charge on any atom is -0.451 e. The molecule has 0 bridgehead atoms. The Bertz CT molecular complexity index is 830. The van der Waals surface area contributed by atoms with E-state index >= 15 is 0 Å². The molecule has 0 fully saturated rings. The maximum absolute atomic E-state index is 12.7. The monoisotopic (exact) mass is 378 g/mol. The van der Waals surface area contributed by atoms with Gasteiger partial charge in [0.1, 0.15) is 11.4 Å². The summed E-state index contributed by atoms with van der Waals surface area (Å²) < 4.78 is 6.49. The third-order valence-electron chi connectivity index (χ3n) is 3.24. The molecule has 0 aliphatic carbocycles. The number of carbonyl (C=O) groups excluding carboxylic acids is 1. The van der Waals surface area contributed by atoms with Crippen molar-refractivity contribution in [3.05, 3.63) is 57.9 Å². The molecular formula is C16H12BrClN2O2. The lowest BCUT2D eigenvalue weighted by Gasteiger charge is -2.18. The Kier molecular flexibility index (Phi) is 4.18. The number of fused-ring (bicyclic) bond motifs is 1. The lowest BCUT2D eigenvalue weighted by atomic mass is 10.2. The van der Waals surface area contributed by atoms with Crippen LogP contribution in [0.2, 0.25) is 5.02 Å². The van der Waals surface area contributed by atoms with E-state index < -0.39 is 0 Å². The highest BCUT2D eigenvalue weighted by Gasteiger charge is 2.21. The number of furan rings is 1. The van der Waals surface area contributed by atoms with Crippen LogP contribution in [0.1, 0.15) is 17.5 Å². The summed E-state index contributed by atoms with van der Waals surface area (Å²) in [5, 5.41) is 1.41. The standard InChI is InChI=1S/C16H12BrClN2O2/c1-2-20(15-6-3-11(17)9-19-15)16(21)14-8-10-7-12(18)4-5-13(10)22-14/h3-9H,2H2,1H3. The number of nitrogens with zero attached hydrogens (tertiary/aromatic N) is 2. The number of anilines is 1. The number of benzene rings is 1. The van der Waals surface area contributed by atoms with Crippen molar-refractivity contribution in [2.45, 2.75) is 6.92 Å². The average Bonchev–Trinajstić information content (AvgIpc) is 2.92. The van der Waals surface area contributed by atoms with Crippen LogP contribution in [0.25, 0.3) is 11.0 Å². The topological polar surface area (TPSA) is 46.3 Å². The molecule has 1 amide bonds. The highest BCUT2D eigenvalue weighted by molar-refractivity contribution is 9.10. The molecule has 0 atom stereocenters. The number of halogens is 2. The first-order chi connectivity index (χ1) is 10.6. The van der Waals surface area contributed by atoms with Gasteiger partial charge >= 0.3 is 0 Å². The number of amides is 1. The molecule has 2 heterocycles. The summed E-state index contributed by atoms with van der Waals surface area (Å²) in [7, 11) is 0. The summed E-state index contributed by atoms with van der Waals surface area (Å²) in [5.74, 6) is 0.614. The third-order valence-corrected chi connectivity index (χ3v) is 3.94. The maximum atomic E-state index is 12.7. The van der Waals surface area contributed by atoms with Crippen LogP contribution in [-0.2, 0) is 0 Å². The predicted octanol–water partition coefficient (Wildman–Crippen LogP) is 4.91. The molecule has 0 unspecified atom stereocenters. The molecule has 0 aliphatic heterocycles. The number of hydrogen-bond acceptors (Lipinski definition) is 3. The largest absolute Gasteiger partial charge is 0.451 e. The van der Waals surface area contributed by atoms with Gasteiger partial charge in [-0.05, 0) is 59.3 Å². The van der Waals surface area contributed by atoms with Crippen LogP contribution in [0.15, 0.2) is 51.5 Å². The second kappa shape index (κ2) is 6.10. The van der Waals surface area contributed by atoms with Gasteiger partial charge in [-0.15, -0.1) is 0 Å². The van der Waals surface area contributed by atoms with Gasteiger partial charge in [0.2, 0.25) is 0 Å².